The second-order valence-electron chi connectivity index (χ2n) is 7.14. The van der Waals surface area contributed by atoms with E-state index in [1.54, 1.807) is 54.4 Å². The molecule has 2 N–H and O–H groups in total. The van der Waals surface area contributed by atoms with E-state index in [1.807, 2.05) is 13.0 Å². The number of carboxylic acids is 1. The lowest BCUT2D eigenvalue weighted by atomic mass is 10.1. The van der Waals surface area contributed by atoms with E-state index in [0.717, 1.165) is 18.4 Å². The standard InChI is InChI=1S/C22H24N2O5/c1-14(15-9-11-17(12-10-15)29-13-20(25)26)23-21(27)18-5-3-4-6-19(18)24(2)22(28)16-7-8-16/h3-6,9-12,14,16H,7-8,13H2,1-2H3,(H,23,27)(H,25,26). The van der Waals surface area contributed by atoms with E-state index >= 15 is 0 Å². The summed E-state index contributed by atoms with van der Waals surface area (Å²) in [4.78, 5) is 37.4. The number of ether oxygens (including phenoxy) is 1. The number of benzene rings is 2. The third-order valence-corrected chi connectivity index (χ3v) is 4.86. The predicted octanol–water partition coefficient (Wildman–Crippen LogP) is 3.01. The summed E-state index contributed by atoms with van der Waals surface area (Å²) in [5, 5.41) is 11.6. The number of amides is 2. The number of carbonyl (C=O) groups excluding carboxylic acids is 2. The smallest absolute Gasteiger partial charge is 0.341 e. The lowest BCUT2D eigenvalue weighted by Gasteiger charge is -2.22. The van der Waals surface area contributed by atoms with Crippen molar-refractivity contribution in [3.8, 4) is 5.75 Å². The summed E-state index contributed by atoms with van der Waals surface area (Å²) in [7, 11) is 1.70. The van der Waals surface area contributed by atoms with Crippen LogP contribution in [0.5, 0.6) is 5.75 Å². The van der Waals surface area contributed by atoms with E-state index in [4.69, 9.17) is 9.84 Å². The molecule has 0 heterocycles. The Morgan fingerprint density at radius 2 is 1.79 bits per heavy atom. The van der Waals surface area contributed by atoms with Crippen molar-refractivity contribution < 1.29 is 24.2 Å². The van der Waals surface area contributed by atoms with Gasteiger partial charge in [0.05, 0.1) is 17.3 Å². The molecule has 152 valence electrons. The molecular weight excluding hydrogens is 372 g/mol. The molecule has 0 spiro atoms. The Morgan fingerprint density at radius 1 is 1.14 bits per heavy atom. The third-order valence-electron chi connectivity index (χ3n) is 4.86. The molecule has 2 aromatic carbocycles. The SMILES string of the molecule is CC(NC(=O)c1ccccc1N(C)C(=O)C1CC1)c1ccc(OCC(=O)O)cc1. The van der Waals surface area contributed by atoms with E-state index in [9.17, 15) is 14.4 Å². The van der Waals surface area contributed by atoms with Gasteiger partial charge in [0.25, 0.3) is 5.91 Å². The van der Waals surface area contributed by atoms with Crippen molar-refractivity contribution in [2.45, 2.75) is 25.8 Å². The fraction of sp³-hybridized carbons (Fsp3) is 0.318. The minimum Gasteiger partial charge on any atom is -0.482 e. The first-order valence-corrected chi connectivity index (χ1v) is 9.49. The highest BCUT2D eigenvalue weighted by atomic mass is 16.5. The van der Waals surface area contributed by atoms with Gasteiger partial charge < -0.3 is 20.1 Å². The van der Waals surface area contributed by atoms with Gasteiger partial charge in [0, 0.05) is 13.0 Å². The Morgan fingerprint density at radius 3 is 2.41 bits per heavy atom. The molecule has 2 amide bonds. The first kappa shape index (κ1) is 20.4. The number of hydrogen-bond donors (Lipinski definition) is 2. The van der Waals surface area contributed by atoms with Crippen molar-refractivity contribution in [1.82, 2.24) is 5.32 Å². The summed E-state index contributed by atoms with van der Waals surface area (Å²) >= 11 is 0. The van der Waals surface area contributed by atoms with Gasteiger partial charge in [-0.15, -0.1) is 0 Å². The third kappa shape index (κ3) is 5.13. The molecular formula is C22H24N2O5. The summed E-state index contributed by atoms with van der Waals surface area (Å²) in [6.07, 6.45) is 1.81. The minimum absolute atomic E-state index is 0.0373. The van der Waals surface area contributed by atoms with E-state index in [1.165, 1.54) is 0 Å². The molecule has 2 aromatic rings. The average Bonchev–Trinajstić information content (AvgIpc) is 3.56. The monoisotopic (exact) mass is 396 g/mol. The summed E-state index contributed by atoms with van der Waals surface area (Å²) in [6.45, 7) is 1.45. The molecule has 7 nitrogen and oxygen atoms in total. The number of nitrogens with one attached hydrogen (secondary N) is 1. The molecule has 1 atom stereocenters. The maximum absolute atomic E-state index is 12.9. The fourth-order valence-corrected chi connectivity index (χ4v) is 3.04. The maximum Gasteiger partial charge on any atom is 0.341 e. The first-order valence-electron chi connectivity index (χ1n) is 9.49. The van der Waals surface area contributed by atoms with Crippen LogP contribution in [0.1, 0.15) is 41.7 Å². The quantitative estimate of drug-likeness (QED) is 0.715. The van der Waals surface area contributed by atoms with Gasteiger partial charge in [-0.25, -0.2) is 4.79 Å². The minimum atomic E-state index is -1.04. The largest absolute Gasteiger partial charge is 0.482 e. The van der Waals surface area contributed by atoms with Gasteiger partial charge >= 0.3 is 5.97 Å². The number of anilines is 1. The Kier molecular flexibility index (Phi) is 6.16. The first-order chi connectivity index (χ1) is 13.9. The Hall–Kier alpha value is -3.35. The molecule has 1 aliphatic carbocycles. The number of carbonyl (C=O) groups is 3. The lowest BCUT2D eigenvalue weighted by molar-refractivity contribution is -0.139. The van der Waals surface area contributed by atoms with Crippen LogP contribution >= 0.6 is 0 Å². The van der Waals surface area contributed by atoms with Crippen molar-refractivity contribution in [3.63, 3.8) is 0 Å². The summed E-state index contributed by atoms with van der Waals surface area (Å²) < 4.78 is 5.12. The number of para-hydroxylation sites is 1. The summed E-state index contributed by atoms with van der Waals surface area (Å²) in [5.74, 6) is -0.763. The summed E-state index contributed by atoms with van der Waals surface area (Å²) in [6, 6.07) is 13.6. The van der Waals surface area contributed by atoms with E-state index < -0.39 is 12.6 Å². The van der Waals surface area contributed by atoms with Crippen LogP contribution in [0.4, 0.5) is 5.69 Å². The second-order valence-corrected chi connectivity index (χ2v) is 7.14. The van der Waals surface area contributed by atoms with Crippen LogP contribution in [-0.4, -0.2) is 36.5 Å². The number of carboxylic acid groups (broad SMARTS) is 1. The lowest BCUT2D eigenvalue weighted by Crippen LogP contribution is -2.32. The van der Waals surface area contributed by atoms with Crippen LogP contribution in [0.3, 0.4) is 0 Å². The molecule has 0 aliphatic heterocycles. The molecule has 29 heavy (non-hydrogen) atoms. The molecule has 0 aromatic heterocycles. The highest BCUT2D eigenvalue weighted by Gasteiger charge is 2.33. The zero-order valence-corrected chi connectivity index (χ0v) is 16.4. The van der Waals surface area contributed by atoms with Gasteiger partial charge in [0.15, 0.2) is 6.61 Å². The van der Waals surface area contributed by atoms with Crippen molar-refractivity contribution in [1.29, 1.82) is 0 Å². The van der Waals surface area contributed by atoms with Gasteiger partial charge in [-0.3, -0.25) is 9.59 Å². The molecule has 7 heteroatoms. The van der Waals surface area contributed by atoms with Crippen LogP contribution in [0.2, 0.25) is 0 Å². The van der Waals surface area contributed by atoms with E-state index in [0.29, 0.717) is 17.0 Å². The molecule has 1 aliphatic rings. The number of aliphatic carboxylic acids is 1. The van der Waals surface area contributed by atoms with Gasteiger partial charge in [0.2, 0.25) is 5.91 Å². The number of rotatable bonds is 8. The van der Waals surface area contributed by atoms with Gasteiger partial charge in [-0.1, -0.05) is 24.3 Å². The molecule has 1 unspecified atom stereocenters. The zero-order chi connectivity index (χ0) is 21.0. The Balaban J connectivity index is 1.68. The Labute approximate surface area is 169 Å². The number of hydrogen-bond acceptors (Lipinski definition) is 4. The predicted molar refractivity (Wildman–Crippen MR) is 108 cm³/mol. The Bertz CT molecular complexity index is 906. The van der Waals surface area contributed by atoms with Crippen LogP contribution < -0.4 is 15.0 Å². The van der Waals surface area contributed by atoms with Crippen LogP contribution in [0.25, 0.3) is 0 Å². The second kappa shape index (κ2) is 8.77. The van der Waals surface area contributed by atoms with Gasteiger partial charge in [0.1, 0.15) is 5.75 Å². The molecule has 0 saturated heterocycles. The van der Waals surface area contributed by atoms with Crippen molar-refractivity contribution in [2.24, 2.45) is 5.92 Å². The van der Waals surface area contributed by atoms with Gasteiger partial charge in [-0.2, -0.15) is 0 Å². The molecule has 0 bridgehead atoms. The molecule has 0 radical (unpaired) electrons. The average molecular weight is 396 g/mol. The van der Waals surface area contributed by atoms with Crippen LogP contribution in [-0.2, 0) is 9.59 Å². The fourth-order valence-electron chi connectivity index (χ4n) is 3.04. The topological polar surface area (TPSA) is 95.9 Å². The highest BCUT2D eigenvalue weighted by molar-refractivity contribution is 6.05. The number of nitrogens with zero attached hydrogens (tertiary/aromatic N) is 1. The van der Waals surface area contributed by atoms with E-state index in [2.05, 4.69) is 5.32 Å². The van der Waals surface area contributed by atoms with Crippen molar-refractivity contribution in [3.05, 3.63) is 59.7 Å². The summed E-state index contributed by atoms with van der Waals surface area (Å²) in [5.41, 5.74) is 1.88. The molecule has 1 fully saturated rings. The molecule has 3 rings (SSSR count). The van der Waals surface area contributed by atoms with Crippen molar-refractivity contribution >= 4 is 23.5 Å². The van der Waals surface area contributed by atoms with Crippen LogP contribution in [0.15, 0.2) is 48.5 Å². The van der Waals surface area contributed by atoms with E-state index in [-0.39, 0.29) is 23.8 Å². The normalized spacial score (nSPS) is 14.0. The molecule has 1 saturated carbocycles. The van der Waals surface area contributed by atoms with Crippen molar-refractivity contribution in [2.75, 3.05) is 18.6 Å². The maximum atomic E-state index is 12.9. The van der Waals surface area contributed by atoms with Gasteiger partial charge in [-0.05, 0) is 49.6 Å². The highest BCUT2D eigenvalue weighted by Crippen LogP contribution is 2.33. The zero-order valence-electron chi connectivity index (χ0n) is 16.4. The van der Waals surface area contributed by atoms with Crippen LogP contribution in [0, 0.1) is 5.92 Å².